The molecule has 4 rings (SSSR count). The standard InChI is InChI=1S/C20H18ClN3O4/c1-12(25)17-10-16(23-24(17)13-5-3-2-4-6-13)20(26)22-15-11-19-18(9-14(15)21)27-7-8-28-19/h2-6,9,11,17H,7-8,10H2,1H3,(H,22,26). The van der Waals surface area contributed by atoms with Crippen molar-refractivity contribution in [1.82, 2.24) is 0 Å². The number of fused-ring (bicyclic) bond motifs is 1. The molecule has 1 atom stereocenters. The number of halogens is 1. The number of hydrogen-bond acceptors (Lipinski definition) is 6. The smallest absolute Gasteiger partial charge is 0.272 e. The van der Waals surface area contributed by atoms with Gasteiger partial charge >= 0.3 is 0 Å². The summed E-state index contributed by atoms with van der Waals surface area (Å²) in [5.41, 5.74) is 1.41. The molecule has 0 spiro atoms. The van der Waals surface area contributed by atoms with Gasteiger partial charge in [0.05, 0.1) is 16.4 Å². The molecule has 0 bridgehead atoms. The fraction of sp³-hybridized carbons (Fsp3) is 0.250. The molecule has 8 heteroatoms. The van der Waals surface area contributed by atoms with Crippen molar-refractivity contribution in [2.75, 3.05) is 23.5 Å². The number of amides is 1. The van der Waals surface area contributed by atoms with E-state index < -0.39 is 11.9 Å². The number of hydrazone groups is 1. The first-order valence-corrected chi connectivity index (χ1v) is 9.23. The van der Waals surface area contributed by atoms with Crippen molar-refractivity contribution in [3.63, 3.8) is 0 Å². The van der Waals surface area contributed by atoms with Crippen LogP contribution in [0.2, 0.25) is 5.02 Å². The van der Waals surface area contributed by atoms with Gasteiger partial charge in [-0.2, -0.15) is 5.10 Å². The molecule has 144 valence electrons. The molecule has 0 saturated heterocycles. The predicted molar refractivity (Wildman–Crippen MR) is 107 cm³/mol. The average Bonchev–Trinajstić information content (AvgIpc) is 3.15. The van der Waals surface area contributed by atoms with Crippen LogP contribution in [0.5, 0.6) is 11.5 Å². The summed E-state index contributed by atoms with van der Waals surface area (Å²) in [4.78, 5) is 24.8. The first-order valence-electron chi connectivity index (χ1n) is 8.85. The number of ketones is 1. The molecule has 2 aliphatic rings. The molecule has 1 N–H and O–H groups in total. The maximum absolute atomic E-state index is 12.8. The zero-order chi connectivity index (χ0) is 19.7. The Morgan fingerprint density at radius 3 is 2.50 bits per heavy atom. The van der Waals surface area contributed by atoms with Gasteiger partial charge in [-0.25, -0.2) is 0 Å². The summed E-state index contributed by atoms with van der Waals surface area (Å²) in [7, 11) is 0. The fourth-order valence-corrected chi connectivity index (χ4v) is 3.34. The highest BCUT2D eigenvalue weighted by Gasteiger charge is 2.34. The fourth-order valence-electron chi connectivity index (χ4n) is 3.14. The Labute approximate surface area is 166 Å². The number of benzene rings is 2. The van der Waals surface area contributed by atoms with Crippen LogP contribution in [0.4, 0.5) is 11.4 Å². The monoisotopic (exact) mass is 399 g/mol. The van der Waals surface area contributed by atoms with Crippen LogP contribution in [-0.2, 0) is 9.59 Å². The first kappa shape index (κ1) is 18.3. The second-order valence-electron chi connectivity index (χ2n) is 6.49. The number of Topliss-reactive ketones (excluding diaryl/α,β-unsaturated/α-hetero) is 1. The van der Waals surface area contributed by atoms with E-state index in [-0.39, 0.29) is 17.9 Å². The third kappa shape index (κ3) is 3.53. The summed E-state index contributed by atoms with van der Waals surface area (Å²) in [5.74, 6) is 0.585. The van der Waals surface area contributed by atoms with Gasteiger partial charge in [-0.05, 0) is 19.1 Å². The highest BCUT2D eigenvalue weighted by atomic mass is 35.5. The molecule has 28 heavy (non-hydrogen) atoms. The minimum atomic E-state index is -0.515. The van der Waals surface area contributed by atoms with Gasteiger partial charge in [0.25, 0.3) is 5.91 Å². The predicted octanol–water partition coefficient (Wildman–Crippen LogP) is 3.27. The number of hydrogen-bond donors (Lipinski definition) is 1. The Morgan fingerprint density at radius 1 is 1.14 bits per heavy atom. The lowest BCUT2D eigenvalue weighted by molar-refractivity contribution is -0.118. The zero-order valence-corrected chi connectivity index (χ0v) is 15.9. The number of anilines is 2. The van der Waals surface area contributed by atoms with Crippen molar-refractivity contribution in [1.29, 1.82) is 0 Å². The first-order chi connectivity index (χ1) is 13.5. The molecule has 0 aromatic heterocycles. The molecular weight excluding hydrogens is 382 g/mol. The number of para-hydroxylation sites is 1. The van der Waals surface area contributed by atoms with Crippen LogP contribution < -0.4 is 19.8 Å². The number of carbonyl (C=O) groups excluding carboxylic acids is 2. The van der Waals surface area contributed by atoms with E-state index in [0.717, 1.165) is 5.69 Å². The summed E-state index contributed by atoms with van der Waals surface area (Å²) < 4.78 is 11.0. The summed E-state index contributed by atoms with van der Waals surface area (Å²) in [6.45, 7) is 2.38. The average molecular weight is 400 g/mol. The van der Waals surface area contributed by atoms with E-state index in [1.807, 2.05) is 30.3 Å². The second kappa shape index (κ2) is 7.52. The van der Waals surface area contributed by atoms with Crippen LogP contribution in [0, 0.1) is 0 Å². The lowest BCUT2D eigenvalue weighted by atomic mass is 10.1. The molecule has 0 radical (unpaired) electrons. The van der Waals surface area contributed by atoms with Gasteiger partial charge in [0.1, 0.15) is 25.0 Å². The van der Waals surface area contributed by atoms with Crippen molar-refractivity contribution in [2.45, 2.75) is 19.4 Å². The zero-order valence-electron chi connectivity index (χ0n) is 15.1. The van der Waals surface area contributed by atoms with E-state index in [1.165, 1.54) is 6.92 Å². The molecule has 7 nitrogen and oxygen atoms in total. The van der Waals surface area contributed by atoms with Crippen LogP contribution in [0.25, 0.3) is 0 Å². The highest BCUT2D eigenvalue weighted by molar-refractivity contribution is 6.45. The second-order valence-corrected chi connectivity index (χ2v) is 6.89. The number of rotatable bonds is 4. The maximum atomic E-state index is 12.8. The van der Waals surface area contributed by atoms with E-state index in [9.17, 15) is 9.59 Å². The number of nitrogens with zero attached hydrogens (tertiary/aromatic N) is 2. The third-order valence-corrected chi connectivity index (χ3v) is 4.86. The largest absolute Gasteiger partial charge is 0.486 e. The minimum Gasteiger partial charge on any atom is -0.486 e. The van der Waals surface area contributed by atoms with E-state index in [4.69, 9.17) is 21.1 Å². The Hall–Kier alpha value is -3.06. The highest BCUT2D eigenvalue weighted by Crippen LogP contribution is 2.38. The van der Waals surface area contributed by atoms with Crippen LogP contribution in [0.1, 0.15) is 13.3 Å². The van der Waals surface area contributed by atoms with Crippen LogP contribution in [0.3, 0.4) is 0 Å². The quantitative estimate of drug-likeness (QED) is 0.853. The lowest BCUT2D eigenvalue weighted by Gasteiger charge is -2.20. The summed E-state index contributed by atoms with van der Waals surface area (Å²) in [6.07, 6.45) is 0.220. The van der Waals surface area contributed by atoms with Gasteiger partial charge in [-0.3, -0.25) is 14.6 Å². The normalized spacial score (nSPS) is 17.9. The molecule has 0 aliphatic carbocycles. The Kier molecular flexibility index (Phi) is 4.92. The van der Waals surface area contributed by atoms with Crippen molar-refractivity contribution >= 4 is 40.4 Å². The molecule has 1 unspecified atom stereocenters. The van der Waals surface area contributed by atoms with Crippen LogP contribution in [0.15, 0.2) is 47.6 Å². The van der Waals surface area contributed by atoms with Crippen LogP contribution >= 0.6 is 11.6 Å². The van der Waals surface area contributed by atoms with Crippen molar-refractivity contribution in [3.05, 3.63) is 47.5 Å². The molecule has 2 aromatic rings. The Balaban J connectivity index is 1.57. The van der Waals surface area contributed by atoms with Gasteiger partial charge in [0.2, 0.25) is 0 Å². The minimum absolute atomic E-state index is 0.0623. The topological polar surface area (TPSA) is 80.2 Å². The van der Waals surface area contributed by atoms with E-state index in [2.05, 4.69) is 10.4 Å². The lowest BCUT2D eigenvalue weighted by Crippen LogP contribution is -2.33. The summed E-state index contributed by atoms with van der Waals surface area (Å²) in [5, 5.41) is 9.07. The maximum Gasteiger partial charge on any atom is 0.272 e. The number of carbonyl (C=O) groups is 2. The van der Waals surface area contributed by atoms with Gasteiger partial charge < -0.3 is 14.8 Å². The molecular formula is C20H18ClN3O4. The van der Waals surface area contributed by atoms with E-state index in [1.54, 1.807) is 17.1 Å². The summed E-state index contributed by atoms with van der Waals surface area (Å²) >= 11 is 6.26. The molecule has 0 fully saturated rings. The summed E-state index contributed by atoms with van der Waals surface area (Å²) in [6, 6.07) is 12.0. The molecule has 1 amide bonds. The Bertz CT molecular complexity index is 961. The Morgan fingerprint density at radius 2 is 1.82 bits per heavy atom. The molecule has 2 heterocycles. The number of ether oxygens (including phenoxy) is 2. The van der Waals surface area contributed by atoms with Crippen molar-refractivity contribution < 1.29 is 19.1 Å². The van der Waals surface area contributed by atoms with Crippen molar-refractivity contribution in [2.24, 2.45) is 5.10 Å². The van der Waals surface area contributed by atoms with Crippen molar-refractivity contribution in [3.8, 4) is 11.5 Å². The third-order valence-electron chi connectivity index (χ3n) is 4.54. The van der Waals surface area contributed by atoms with E-state index in [0.29, 0.717) is 35.4 Å². The molecule has 0 saturated carbocycles. The van der Waals surface area contributed by atoms with Gasteiger partial charge in [0, 0.05) is 18.6 Å². The molecule has 2 aromatic carbocycles. The SMILES string of the molecule is CC(=O)C1CC(C(=O)Nc2cc3c(cc2Cl)OCCO3)=NN1c1ccccc1. The molecule has 2 aliphatic heterocycles. The van der Waals surface area contributed by atoms with Crippen LogP contribution in [-0.4, -0.2) is 36.7 Å². The van der Waals surface area contributed by atoms with Gasteiger partial charge in [-0.15, -0.1) is 0 Å². The van der Waals surface area contributed by atoms with E-state index >= 15 is 0 Å². The van der Waals surface area contributed by atoms with Gasteiger partial charge in [-0.1, -0.05) is 29.8 Å². The van der Waals surface area contributed by atoms with Gasteiger partial charge in [0.15, 0.2) is 17.3 Å². The number of nitrogens with one attached hydrogen (secondary N) is 1.